The number of benzene rings is 2. The van der Waals surface area contributed by atoms with Crippen LogP contribution in [0.3, 0.4) is 0 Å². The van der Waals surface area contributed by atoms with Crippen molar-refractivity contribution in [2.24, 2.45) is 0 Å². The highest BCUT2D eigenvalue weighted by atomic mass is 35.5. The fourth-order valence-corrected chi connectivity index (χ4v) is 2.67. The van der Waals surface area contributed by atoms with Gasteiger partial charge in [0.05, 0.1) is 0 Å². The van der Waals surface area contributed by atoms with Gasteiger partial charge in [-0.15, -0.1) is 0 Å². The summed E-state index contributed by atoms with van der Waals surface area (Å²) in [4.78, 5) is 0. The van der Waals surface area contributed by atoms with E-state index in [0.29, 0.717) is 22.0 Å². The quantitative estimate of drug-likeness (QED) is 0.748. The molecule has 0 saturated carbocycles. The van der Waals surface area contributed by atoms with E-state index in [0.717, 1.165) is 18.5 Å². The number of rotatable bonds is 6. The summed E-state index contributed by atoms with van der Waals surface area (Å²) in [5.41, 5.74) is 1.71. The van der Waals surface area contributed by atoms with Crippen molar-refractivity contribution < 1.29 is 4.39 Å². The average Bonchev–Trinajstić information content (AvgIpc) is 2.44. The minimum Gasteiger partial charge on any atom is -0.310 e. The first-order valence-electron chi connectivity index (χ1n) is 7.03. The van der Waals surface area contributed by atoms with E-state index in [9.17, 15) is 4.39 Å². The highest BCUT2D eigenvalue weighted by Gasteiger charge is 2.16. The zero-order chi connectivity index (χ0) is 15.2. The van der Waals surface area contributed by atoms with Crippen LogP contribution < -0.4 is 5.32 Å². The van der Waals surface area contributed by atoms with Crippen LogP contribution in [0.2, 0.25) is 10.0 Å². The first-order valence-corrected chi connectivity index (χ1v) is 7.78. The molecule has 0 aromatic heterocycles. The van der Waals surface area contributed by atoms with Crippen LogP contribution in [0, 0.1) is 5.82 Å². The molecular formula is C17H18Cl2FN. The molecule has 2 aromatic carbocycles. The second-order valence-electron chi connectivity index (χ2n) is 5.01. The van der Waals surface area contributed by atoms with Gasteiger partial charge in [0.2, 0.25) is 0 Å². The van der Waals surface area contributed by atoms with Gasteiger partial charge in [-0.2, -0.15) is 0 Å². The maximum atomic E-state index is 14.2. The smallest absolute Gasteiger partial charge is 0.129 e. The second-order valence-corrected chi connectivity index (χ2v) is 5.88. The Morgan fingerprint density at radius 2 is 1.86 bits per heavy atom. The standard InChI is InChI=1S/C17H18Cl2FN/c1-2-8-21-17(10-12-4-3-5-13(18)9-12)15-7-6-14(19)11-16(15)20/h3-7,9,11,17,21H,2,8,10H2,1H3. The molecule has 0 spiro atoms. The molecule has 0 amide bonds. The van der Waals surface area contributed by atoms with Gasteiger partial charge in [-0.05, 0) is 49.2 Å². The molecule has 2 rings (SSSR count). The molecule has 0 aliphatic carbocycles. The van der Waals surface area contributed by atoms with E-state index < -0.39 is 0 Å². The van der Waals surface area contributed by atoms with Gasteiger partial charge >= 0.3 is 0 Å². The molecule has 1 nitrogen and oxygen atoms in total. The van der Waals surface area contributed by atoms with Crippen LogP contribution >= 0.6 is 23.2 Å². The highest BCUT2D eigenvalue weighted by Crippen LogP contribution is 2.25. The molecule has 0 bridgehead atoms. The van der Waals surface area contributed by atoms with Crippen molar-refractivity contribution >= 4 is 23.2 Å². The molecule has 0 aliphatic rings. The van der Waals surface area contributed by atoms with Gasteiger partial charge in [0.15, 0.2) is 0 Å². The zero-order valence-electron chi connectivity index (χ0n) is 11.9. The third-order valence-electron chi connectivity index (χ3n) is 3.31. The van der Waals surface area contributed by atoms with Crippen LogP contribution in [-0.2, 0) is 6.42 Å². The van der Waals surface area contributed by atoms with Crippen molar-refractivity contribution in [2.75, 3.05) is 6.54 Å². The third-order valence-corrected chi connectivity index (χ3v) is 3.78. The second kappa shape index (κ2) is 7.79. The van der Waals surface area contributed by atoms with Crippen LogP contribution in [0.25, 0.3) is 0 Å². The molecule has 4 heteroatoms. The molecule has 0 saturated heterocycles. The van der Waals surface area contributed by atoms with E-state index in [-0.39, 0.29) is 11.9 Å². The lowest BCUT2D eigenvalue weighted by Gasteiger charge is -2.20. The van der Waals surface area contributed by atoms with Crippen LogP contribution in [0.15, 0.2) is 42.5 Å². The average molecular weight is 326 g/mol. The summed E-state index contributed by atoms with van der Waals surface area (Å²) in [7, 11) is 0. The summed E-state index contributed by atoms with van der Waals surface area (Å²) in [5, 5.41) is 4.49. The van der Waals surface area contributed by atoms with Gasteiger partial charge in [0.25, 0.3) is 0 Å². The van der Waals surface area contributed by atoms with Crippen LogP contribution in [0.1, 0.15) is 30.5 Å². The Labute approximate surface area is 135 Å². The first-order chi connectivity index (χ1) is 10.1. The molecule has 1 unspecified atom stereocenters. The largest absolute Gasteiger partial charge is 0.310 e. The van der Waals surface area contributed by atoms with Gasteiger partial charge in [0, 0.05) is 21.7 Å². The van der Waals surface area contributed by atoms with E-state index in [1.165, 1.54) is 6.07 Å². The summed E-state index contributed by atoms with van der Waals surface area (Å²) in [6, 6.07) is 12.4. The van der Waals surface area contributed by atoms with E-state index in [1.54, 1.807) is 12.1 Å². The topological polar surface area (TPSA) is 12.0 Å². The lowest BCUT2D eigenvalue weighted by molar-refractivity contribution is 0.497. The molecule has 0 heterocycles. The molecular weight excluding hydrogens is 308 g/mol. The van der Waals surface area contributed by atoms with Crippen molar-refractivity contribution in [1.82, 2.24) is 5.32 Å². The number of hydrogen-bond donors (Lipinski definition) is 1. The zero-order valence-corrected chi connectivity index (χ0v) is 13.4. The fraction of sp³-hybridized carbons (Fsp3) is 0.294. The minimum atomic E-state index is -0.280. The minimum absolute atomic E-state index is 0.0966. The first kappa shape index (κ1) is 16.3. The van der Waals surface area contributed by atoms with Crippen molar-refractivity contribution in [1.29, 1.82) is 0 Å². The summed E-state index contributed by atoms with van der Waals surface area (Å²) in [6.45, 7) is 2.91. The van der Waals surface area contributed by atoms with E-state index >= 15 is 0 Å². The molecule has 2 aromatic rings. The molecule has 0 aliphatic heterocycles. The molecule has 112 valence electrons. The van der Waals surface area contributed by atoms with Crippen LogP contribution in [-0.4, -0.2) is 6.54 Å². The Hall–Kier alpha value is -1.09. The van der Waals surface area contributed by atoms with Crippen LogP contribution in [0.5, 0.6) is 0 Å². The Bertz CT molecular complexity index is 601. The SMILES string of the molecule is CCCNC(Cc1cccc(Cl)c1)c1ccc(Cl)cc1F. The number of nitrogens with one attached hydrogen (secondary N) is 1. The van der Waals surface area contributed by atoms with Crippen molar-refractivity contribution in [3.8, 4) is 0 Å². The Kier molecular flexibility index (Phi) is 6.04. The lowest BCUT2D eigenvalue weighted by atomic mass is 9.98. The van der Waals surface area contributed by atoms with E-state index in [2.05, 4.69) is 12.2 Å². The molecule has 0 radical (unpaired) electrons. The predicted octanol–water partition coefficient (Wildman–Crippen LogP) is 5.42. The van der Waals surface area contributed by atoms with Crippen molar-refractivity contribution in [3.05, 3.63) is 69.5 Å². The Morgan fingerprint density at radius 1 is 1.10 bits per heavy atom. The van der Waals surface area contributed by atoms with E-state index in [1.807, 2.05) is 24.3 Å². The monoisotopic (exact) mass is 325 g/mol. The summed E-state index contributed by atoms with van der Waals surface area (Å²) < 4.78 is 14.2. The van der Waals surface area contributed by atoms with Gasteiger partial charge in [-0.3, -0.25) is 0 Å². The third kappa shape index (κ3) is 4.70. The number of hydrogen-bond acceptors (Lipinski definition) is 1. The molecule has 1 N–H and O–H groups in total. The maximum absolute atomic E-state index is 14.2. The summed E-state index contributed by atoms with van der Waals surface area (Å²) in [6.07, 6.45) is 1.67. The van der Waals surface area contributed by atoms with Crippen molar-refractivity contribution in [3.63, 3.8) is 0 Å². The van der Waals surface area contributed by atoms with Gasteiger partial charge in [0.1, 0.15) is 5.82 Å². The highest BCUT2D eigenvalue weighted by molar-refractivity contribution is 6.30. The van der Waals surface area contributed by atoms with Crippen molar-refractivity contribution in [2.45, 2.75) is 25.8 Å². The number of halogens is 3. The van der Waals surface area contributed by atoms with Gasteiger partial charge in [-0.1, -0.05) is 48.3 Å². The molecule has 0 fully saturated rings. The fourth-order valence-electron chi connectivity index (χ4n) is 2.29. The summed E-state index contributed by atoms with van der Waals surface area (Å²) >= 11 is 11.8. The van der Waals surface area contributed by atoms with Gasteiger partial charge in [-0.25, -0.2) is 4.39 Å². The van der Waals surface area contributed by atoms with E-state index in [4.69, 9.17) is 23.2 Å². The Morgan fingerprint density at radius 3 is 2.52 bits per heavy atom. The normalized spacial score (nSPS) is 12.4. The van der Waals surface area contributed by atoms with Crippen LogP contribution in [0.4, 0.5) is 4.39 Å². The predicted molar refractivity (Wildman–Crippen MR) is 87.6 cm³/mol. The van der Waals surface area contributed by atoms with Gasteiger partial charge < -0.3 is 5.32 Å². The lowest BCUT2D eigenvalue weighted by Crippen LogP contribution is -2.25. The Balaban J connectivity index is 2.25. The maximum Gasteiger partial charge on any atom is 0.129 e. The summed E-state index contributed by atoms with van der Waals surface area (Å²) in [5.74, 6) is -0.280. The molecule has 21 heavy (non-hydrogen) atoms. The molecule has 1 atom stereocenters.